The van der Waals surface area contributed by atoms with Gasteiger partial charge in [-0.3, -0.25) is 0 Å². The molecule has 0 aliphatic heterocycles. The van der Waals surface area contributed by atoms with E-state index in [2.05, 4.69) is 4.98 Å². The minimum atomic E-state index is -1.98. The van der Waals surface area contributed by atoms with Gasteiger partial charge >= 0.3 is 11.9 Å². The summed E-state index contributed by atoms with van der Waals surface area (Å²) in [5, 5.41) is 27.3. The molecule has 0 bridgehead atoms. The largest absolute Gasteiger partial charge is 0.479 e. The Morgan fingerprint density at radius 3 is 2.56 bits per heavy atom. The Hall–Kier alpha value is -1.51. The molecule has 0 aliphatic rings. The summed E-state index contributed by atoms with van der Waals surface area (Å²) in [4.78, 5) is 26.1. The number of carboxylic acid groups (broad SMARTS) is 1. The molecule has 0 aliphatic carbocycles. The third-order valence-corrected chi connectivity index (χ3v) is 3.29. The van der Waals surface area contributed by atoms with Crippen LogP contribution >= 0.6 is 11.3 Å². The first-order chi connectivity index (χ1) is 8.38. The van der Waals surface area contributed by atoms with E-state index in [4.69, 9.17) is 9.84 Å². The van der Waals surface area contributed by atoms with Crippen molar-refractivity contribution in [3.63, 3.8) is 0 Å². The van der Waals surface area contributed by atoms with Crippen LogP contribution in [-0.4, -0.2) is 45.0 Å². The van der Waals surface area contributed by atoms with Crippen LogP contribution in [0, 0.1) is 6.92 Å². The predicted molar refractivity (Wildman–Crippen MR) is 61.4 cm³/mol. The molecule has 0 spiro atoms. The third-order valence-electron chi connectivity index (χ3n) is 2.08. The van der Waals surface area contributed by atoms with Gasteiger partial charge in [0.15, 0.2) is 6.10 Å². The molecule has 0 saturated carbocycles. The third kappa shape index (κ3) is 3.03. The normalized spacial score (nSPS) is 14.0. The van der Waals surface area contributed by atoms with Gasteiger partial charge in [-0.1, -0.05) is 0 Å². The maximum absolute atomic E-state index is 11.5. The Morgan fingerprint density at radius 1 is 1.44 bits per heavy atom. The van der Waals surface area contributed by atoms with E-state index in [1.807, 2.05) is 0 Å². The number of nitrogens with zero attached hydrogens (tertiary/aromatic N) is 1. The molecule has 7 nitrogen and oxygen atoms in total. The monoisotopic (exact) mass is 275 g/mol. The van der Waals surface area contributed by atoms with Crippen molar-refractivity contribution in [2.45, 2.75) is 26.1 Å². The summed E-state index contributed by atoms with van der Waals surface area (Å²) in [5.74, 6) is -2.15. The van der Waals surface area contributed by atoms with E-state index in [1.165, 1.54) is 6.92 Å². The first-order valence-electron chi connectivity index (χ1n) is 5.11. The second-order valence-corrected chi connectivity index (χ2v) is 4.45. The summed E-state index contributed by atoms with van der Waals surface area (Å²) in [6.07, 6.45) is -3.65. The molecule has 0 amide bonds. The van der Waals surface area contributed by atoms with E-state index in [0.29, 0.717) is 5.69 Å². The van der Waals surface area contributed by atoms with Gasteiger partial charge in [-0.15, -0.1) is 11.3 Å². The van der Waals surface area contributed by atoms with E-state index < -0.39 is 24.1 Å². The zero-order valence-corrected chi connectivity index (χ0v) is 10.6. The van der Waals surface area contributed by atoms with Crippen molar-refractivity contribution >= 4 is 23.3 Å². The number of aliphatic hydroxyl groups is 2. The van der Waals surface area contributed by atoms with E-state index in [0.717, 1.165) is 11.3 Å². The smallest absolute Gasteiger partial charge is 0.350 e. The summed E-state index contributed by atoms with van der Waals surface area (Å²) in [6.45, 7) is 3.39. The van der Waals surface area contributed by atoms with Crippen molar-refractivity contribution in [2.24, 2.45) is 0 Å². The summed E-state index contributed by atoms with van der Waals surface area (Å²) in [6, 6.07) is 0. The van der Waals surface area contributed by atoms with Gasteiger partial charge in [0, 0.05) is 0 Å². The van der Waals surface area contributed by atoms with Crippen LogP contribution in [0.4, 0.5) is 0 Å². The lowest BCUT2D eigenvalue weighted by Crippen LogP contribution is -2.27. The van der Waals surface area contributed by atoms with Crippen molar-refractivity contribution in [2.75, 3.05) is 6.61 Å². The maximum atomic E-state index is 11.5. The molecule has 1 heterocycles. The number of carboxylic acids is 1. The highest BCUT2D eigenvalue weighted by Gasteiger charge is 2.29. The molecule has 2 atom stereocenters. The van der Waals surface area contributed by atoms with Gasteiger partial charge in [0.2, 0.25) is 0 Å². The van der Waals surface area contributed by atoms with Gasteiger partial charge in [0.1, 0.15) is 16.0 Å². The number of esters is 1. The minimum absolute atomic E-state index is 0.0366. The number of ether oxygens (including phenoxy) is 1. The first kappa shape index (κ1) is 14.6. The van der Waals surface area contributed by atoms with Crippen LogP contribution in [0.3, 0.4) is 0 Å². The first-order valence-corrected chi connectivity index (χ1v) is 5.93. The second kappa shape index (κ2) is 5.89. The molecule has 2 unspecified atom stereocenters. The highest BCUT2D eigenvalue weighted by Crippen LogP contribution is 2.26. The van der Waals surface area contributed by atoms with Crippen LogP contribution in [0.2, 0.25) is 0 Å². The fraction of sp³-hybridized carbons (Fsp3) is 0.500. The average molecular weight is 275 g/mol. The van der Waals surface area contributed by atoms with Gasteiger partial charge in [-0.2, -0.15) is 0 Å². The van der Waals surface area contributed by atoms with Gasteiger partial charge in [0.25, 0.3) is 0 Å². The number of aliphatic carboxylic acids is 1. The minimum Gasteiger partial charge on any atom is -0.479 e. The number of rotatable bonds is 5. The molecule has 100 valence electrons. The highest BCUT2D eigenvalue weighted by molar-refractivity contribution is 7.13. The molecule has 1 rings (SSSR count). The predicted octanol–water partition coefficient (Wildman–Crippen LogP) is 0.107. The topological polar surface area (TPSA) is 117 Å². The second-order valence-electron chi connectivity index (χ2n) is 3.42. The number of carbonyl (C=O) groups excluding carboxylic acids is 1. The number of aromatic nitrogens is 1. The van der Waals surface area contributed by atoms with Crippen LogP contribution in [-0.2, 0) is 9.53 Å². The van der Waals surface area contributed by atoms with E-state index in [9.17, 15) is 19.8 Å². The van der Waals surface area contributed by atoms with Gasteiger partial charge in [-0.25, -0.2) is 14.6 Å². The summed E-state index contributed by atoms with van der Waals surface area (Å²) in [5.41, 5.74) is 0.324. The van der Waals surface area contributed by atoms with Crippen molar-refractivity contribution in [1.29, 1.82) is 0 Å². The van der Waals surface area contributed by atoms with Crippen molar-refractivity contribution in [1.82, 2.24) is 4.98 Å². The van der Waals surface area contributed by atoms with Crippen molar-refractivity contribution < 1.29 is 29.6 Å². The lowest BCUT2D eigenvalue weighted by atomic mass is 10.2. The van der Waals surface area contributed by atoms with Crippen molar-refractivity contribution in [3.8, 4) is 0 Å². The number of hydrogen-bond donors (Lipinski definition) is 3. The van der Waals surface area contributed by atoms with E-state index >= 15 is 0 Å². The number of aliphatic hydroxyl groups excluding tert-OH is 2. The van der Waals surface area contributed by atoms with Crippen LogP contribution in [0.15, 0.2) is 0 Å². The number of aryl methyl sites for hydroxylation is 1. The molecule has 18 heavy (non-hydrogen) atoms. The molecule has 0 radical (unpaired) electrons. The molecule has 3 N–H and O–H groups in total. The molecule has 8 heteroatoms. The molecular weight excluding hydrogens is 262 g/mol. The van der Waals surface area contributed by atoms with Gasteiger partial charge < -0.3 is 20.1 Å². The summed E-state index contributed by atoms with van der Waals surface area (Å²) < 4.78 is 4.78. The molecule has 0 fully saturated rings. The Bertz CT molecular complexity index is 457. The quantitative estimate of drug-likeness (QED) is 0.653. The summed E-state index contributed by atoms with van der Waals surface area (Å²) in [7, 11) is 0. The van der Waals surface area contributed by atoms with Gasteiger partial charge in [0.05, 0.1) is 12.3 Å². The molecule has 1 aromatic heterocycles. The molecule has 1 aromatic rings. The molecule has 0 aromatic carbocycles. The zero-order chi connectivity index (χ0) is 13.9. The lowest BCUT2D eigenvalue weighted by Gasteiger charge is -2.10. The Labute approximate surface area is 107 Å². The van der Waals surface area contributed by atoms with Crippen molar-refractivity contribution in [3.05, 3.63) is 15.6 Å². The van der Waals surface area contributed by atoms with E-state index in [1.54, 1.807) is 6.92 Å². The highest BCUT2D eigenvalue weighted by atomic mass is 32.1. The average Bonchev–Trinajstić information content (AvgIpc) is 2.69. The molecule has 0 saturated heterocycles. The number of thiazole rings is 1. The number of carbonyl (C=O) groups is 2. The lowest BCUT2D eigenvalue weighted by molar-refractivity contribution is -0.153. The Balaban J connectivity index is 2.96. The van der Waals surface area contributed by atoms with Crippen LogP contribution in [0.5, 0.6) is 0 Å². The SMILES string of the molecule is CCOC(=O)c1sc(C(O)C(O)C(=O)O)nc1C. The Kier molecular flexibility index (Phi) is 4.76. The van der Waals surface area contributed by atoms with Crippen LogP contribution in [0.1, 0.15) is 33.4 Å². The van der Waals surface area contributed by atoms with Crippen LogP contribution < -0.4 is 0 Å². The number of hydrogen-bond acceptors (Lipinski definition) is 7. The standard InChI is InChI=1S/C10H13NO6S/c1-3-17-10(16)7-4(2)11-8(18-7)5(12)6(13)9(14)15/h5-6,12-13H,3H2,1-2H3,(H,14,15). The fourth-order valence-electron chi connectivity index (χ4n) is 1.20. The van der Waals surface area contributed by atoms with Crippen LogP contribution in [0.25, 0.3) is 0 Å². The molecular formula is C10H13NO6S. The maximum Gasteiger partial charge on any atom is 0.350 e. The zero-order valence-electron chi connectivity index (χ0n) is 9.78. The van der Waals surface area contributed by atoms with Gasteiger partial charge in [-0.05, 0) is 13.8 Å². The Morgan fingerprint density at radius 2 is 2.06 bits per heavy atom. The summed E-state index contributed by atoms with van der Waals surface area (Å²) >= 11 is 0.802. The fourth-order valence-corrected chi connectivity index (χ4v) is 2.18. The van der Waals surface area contributed by atoms with E-state index in [-0.39, 0.29) is 16.5 Å².